The maximum absolute atomic E-state index is 12.1. The number of carbonyl (C=O) groups is 1. The molecule has 0 aliphatic carbocycles. The lowest BCUT2D eigenvalue weighted by molar-refractivity contribution is -0.129. The number of rotatable bonds is 6. The number of methoxy groups -OCH3 is 1. The van der Waals surface area contributed by atoms with E-state index in [1.807, 2.05) is 45.0 Å². The molecule has 0 saturated carbocycles. The topological polar surface area (TPSA) is 38.3 Å². The largest absolute Gasteiger partial charge is 0.497 e. The van der Waals surface area contributed by atoms with Gasteiger partial charge in [0.15, 0.2) is 0 Å². The highest BCUT2D eigenvalue weighted by Crippen LogP contribution is 2.23. The molecule has 0 spiro atoms. The first-order valence-corrected chi connectivity index (χ1v) is 6.99. The van der Waals surface area contributed by atoms with Gasteiger partial charge in [0.25, 0.3) is 0 Å². The Morgan fingerprint density at radius 2 is 1.95 bits per heavy atom. The molecule has 3 nitrogen and oxygen atoms in total. The van der Waals surface area contributed by atoms with E-state index in [9.17, 15) is 4.79 Å². The van der Waals surface area contributed by atoms with Gasteiger partial charge in [0.2, 0.25) is 5.91 Å². The molecule has 0 aliphatic rings. The Morgan fingerprint density at radius 3 is 2.37 bits per heavy atom. The molecule has 1 aromatic rings. The summed E-state index contributed by atoms with van der Waals surface area (Å²) < 4.78 is 5.13. The van der Waals surface area contributed by atoms with Gasteiger partial charge in [-0.25, -0.2) is 0 Å². The number of hydrogen-bond donors (Lipinski definition) is 1. The summed E-state index contributed by atoms with van der Waals surface area (Å²) in [6, 6.07) is 7.75. The first-order valence-electron chi connectivity index (χ1n) is 6.45. The number of benzene rings is 1. The molecule has 0 aliphatic heterocycles. The average molecular weight is 284 g/mol. The molecule has 1 N–H and O–H groups in total. The van der Waals surface area contributed by atoms with Gasteiger partial charge in [0, 0.05) is 5.88 Å². The van der Waals surface area contributed by atoms with Crippen LogP contribution < -0.4 is 10.1 Å². The van der Waals surface area contributed by atoms with Gasteiger partial charge in [0.05, 0.1) is 18.6 Å². The van der Waals surface area contributed by atoms with Crippen molar-refractivity contribution in [3.63, 3.8) is 0 Å². The maximum Gasteiger partial charge on any atom is 0.227 e. The fourth-order valence-corrected chi connectivity index (χ4v) is 1.79. The highest BCUT2D eigenvalue weighted by Gasteiger charge is 2.28. The van der Waals surface area contributed by atoms with E-state index in [2.05, 4.69) is 5.32 Å². The predicted octanol–water partition coefficient (Wildman–Crippen LogP) is 3.53. The molecule has 1 atom stereocenters. The van der Waals surface area contributed by atoms with E-state index in [4.69, 9.17) is 16.3 Å². The molecule has 0 heterocycles. The third-order valence-electron chi connectivity index (χ3n) is 3.18. The number of nitrogens with one attached hydrogen (secondary N) is 1. The zero-order valence-corrected chi connectivity index (χ0v) is 12.8. The average Bonchev–Trinajstić information content (AvgIpc) is 2.44. The number of halogens is 1. The van der Waals surface area contributed by atoms with Crippen molar-refractivity contribution in [2.45, 2.75) is 33.2 Å². The van der Waals surface area contributed by atoms with Crippen LogP contribution in [0.5, 0.6) is 5.75 Å². The van der Waals surface area contributed by atoms with Crippen molar-refractivity contribution in [1.82, 2.24) is 5.32 Å². The van der Waals surface area contributed by atoms with E-state index in [-0.39, 0.29) is 11.9 Å². The van der Waals surface area contributed by atoms with E-state index in [0.29, 0.717) is 5.88 Å². The summed E-state index contributed by atoms with van der Waals surface area (Å²) in [5.74, 6) is 1.09. The van der Waals surface area contributed by atoms with Crippen LogP contribution >= 0.6 is 11.6 Å². The van der Waals surface area contributed by atoms with Crippen molar-refractivity contribution in [2.24, 2.45) is 5.41 Å². The van der Waals surface area contributed by atoms with Gasteiger partial charge in [-0.1, -0.05) is 19.1 Å². The minimum Gasteiger partial charge on any atom is -0.497 e. The van der Waals surface area contributed by atoms with Gasteiger partial charge < -0.3 is 10.1 Å². The van der Waals surface area contributed by atoms with E-state index in [0.717, 1.165) is 17.7 Å². The van der Waals surface area contributed by atoms with Gasteiger partial charge in [-0.05, 0) is 38.0 Å². The minimum absolute atomic E-state index is 0.000831. The molecule has 1 aromatic carbocycles. The van der Waals surface area contributed by atoms with Crippen molar-refractivity contribution in [1.29, 1.82) is 0 Å². The van der Waals surface area contributed by atoms with E-state index in [1.54, 1.807) is 7.11 Å². The number of hydrogen-bond acceptors (Lipinski definition) is 2. The molecule has 1 amide bonds. The second kappa shape index (κ2) is 6.80. The Bertz CT molecular complexity index is 415. The van der Waals surface area contributed by atoms with Crippen LogP contribution in [0.15, 0.2) is 24.3 Å². The van der Waals surface area contributed by atoms with Gasteiger partial charge in [0.1, 0.15) is 5.75 Å². The monoisotopic (exact) mass is 283 g/mol. The maximum atomic E-state index is 12.1. The van der Waals surface area contributed by atoms with Crippen LogP contribution in [0.3, 0.4) is 0 Å². The van der Waals surface area contributed by atoms with Gasteiger partial charge in [-0.15, -0.1) is 11.6 Å². The molecule has 0 aromatic heterocycles. The van der Waals surface area contributed by atoms with Crippen molar-refractivity contribution in [3.8, 4) is 5.75 Å². The molecule has 0 saturated heterocycles. The Hall–Kier alpha value is -1.22. The molecule has 106 valence electrons. The lowest BCUT2D eigenvalue weighted by atomic mass is 9.93. The van der Waals surface area contributed by atoms with E-state index < -0.39 is 5.41 Å². The van der Waals surface area contributed by atoms with Crippen LogP contribution in [-0.4, -0.2) is 18.9 Å². The molecule has 19 heavy (non-hydrogen) atoms. The SMILES string of the molecule is CCC(NC(=O)C(C)(C)CCl)c1ccc(OC)cc1. The quantitative estimate of drug-likeness (QED) is 0.811. The summed E-state index contributed by atoms with van der Waals surface area (Å²) in [5, 5.41) is 3.05. The lowest BCUT2D eigenvalue weighted by Gasteiger charge is -2.25. The van der Waals surface area contributed by atoms with Crippen LogP contribution in [-0.2, 0) is 4.79 Å². The van der Waals surface area contributed by atoms with Crippen LogP contribution in [0.25, 0.3) is 0 Å². The molecular weight excluding hydrogens is 262 g/mol. The van der Waals surface area contributed by atoms with Crippen molar-refractivity contribution < 1.29 is 9.53 Å². The molecular formula is C15H22ClNO2. The molecule has 1 rings (SSSR count). The molecule has 0 radical (unpaired) electrons. The molecule has 4 heteroatoms. The lowest BCUT2D eigenvalue weighted by Crippen LogP contribution is -2.40. The second-order valence-corrected chi connectivity index (χ2v) is 5.49. The van der Waals surface area contributed by atoms with Gasteiger partial charge in [-0.2, -0.15) is 0 Å². The summed E-state index contributed by atoms with van der Waals surface area (Å²) in [4.78, 5) is 12.1. The highest BCUT2D eigenvalue weighted by atomic mass is 35.5. The highest BCUT2D eigenvalue weighted by molar-refractivity contribution is 6.19. The Labute approximate surface area is 120 Å². The van der Waals surface area contributed by atoms with Crippen molar-refractivity contribution >= 4 is 17.5 Å². The first-order chi connectivity index (χ1) is 8.94. The summed E-state index contributed by atoms with van der Waals surface area (Å²) in [6.45, 7) is 5.73. The summed E-state index contributed by atoms with van der Waals surface area (Å²) >= 11 is 5.82. The number of carbonyl (C=O) groups excluding carboxylic acids is 1. The van der Waals surface area contributed by atoms with Crippen molar-refractivity contribution in [2.75, 3.05) is 13.0 Å². The number of amides is 1. The third-order valence-corrected chi connectivity index (χ3v) is 3.85. The summed E-state index contributed by atoms with van der Waals surface area (Å²) in [6.07, 6.45) is 0.830. The fourth-order valence-electron chi connectivity index (χ4n) is 1.67. The van der Waals surface area contributed by atoms with Crippen molar-refractivity contribution in [3.05, 3.63) is 29.8 Å². The Morgan fingerprint density at radius 1 is 1.37 bits per heavy atom. The Kier molecular flexibility index (Phi) is 5.67. The van der Waals surface area contributed by atoms with Crippen LogP contribution in [0.2, 0.25) is 0 Å². The number of alkyl halides is 1. The van der Waals surface area contributed by atoms with E-state index >= 15 is 0 Å². The zero-order chi connectivity index (χ0) is 14.5. The molecule has 1 unspecified atom stereocenters. The van der Waals surface area contributed by atoms with E-state index in [1.165, 1.54) is 0 Å². The predicted molar refractivity (Wildman–Crippen MR) is 78.7 cm³/mol. The van der Waals surface area contributed by atoms with Gasteiger partial charge in [-0.3, -0.25) is 4.79 Å². The minimum atomic E-state index is -0.554. The fraction of sp³-hybridized carbons (Fsp3) is 0.533. The third kappa shape index (κ3) is 4.13. The number of ether oxygens (including phenoxy) is 1. The van der Waals surface area contributed by atoms with Gasteiger partial charge >= 0.3 is 0 Å². The standard InChI is InChI=1S/C15H22ClNO2/c1-5-13(17-14(18)15(2,3)10-16)11-6-8-12(19-4)9-7-11/h6-9,13H,5,10H2,1-4H3,(H,17,18). The molecule has 0 bridgehead atoms. The smallest absolute Gasteiger partial charge is 0.227 e. The normalized spacial score (nSPS) is 12.9. The summed E-state index contributed by atoms with van der Waals surface area (Å²) in [5.41, 5.74) is 0.517. The zero-order valence-electron chi connectivity index (χ0n) is 12.0. The molecule has 0 fully saturated rings. The second-order valence-electron chi connectivity index (χ2n) is 5.22. The van der Waals surface area contributed by atoms with Crippen LogP contribution in [0, 0.1) is 5.41 Å². The van der Waals surface area contributed by atoms with Crippen LogP contribution in [0.1, 0.15) is 38.8 Å². The summed E-state index contributed by atoms with van der Waals surface area (Å²) in [7, 11) is 1.64. The Balaban J connectivity index is 2.80. The van der Waals surface area contributed by atoms with Crippen LogP contribution in [0.4, 0.5) is 0 Å². The first kappa shape index (κ1) is 15.8.